The molecule has 0 amide bonds. The van der Waals surface area contributed by atoms with Gasteiger partial charge in [0.1, 0.15) is 0 Å². The van der Waals surface area contributed by atoms with Crippen LogP contribution in [0.3, 0.4) is 0 Å². The van der Waals surface area contributed by atoms with Gasteiger partial charge in [-0.05, 0) is 70.1 Å². The molecule has 0 aliphatic rings. The SMILES string of the molecule is C/C=C\C(C)=C(\C)C(=C(C)C)C(CCC)CCCC. The molecule has 19 heavy (non-hydrogen) atoms. The lowest BCUT2D eigenvalue weighted by Gasteiger charge is -2.24. The molecule has 0 aromatic rings. The molecular weight excluding hydrogens is 228 g/mol. The van der Waals surface area contributed by atoms with Gasteiger partial charge in [-0.15, -0.1) is 0 Å². The third-order valence-corrected chi connectivity index (χ3v) is 3.90. The zero-order valence-electron chi connectivity index (χ0n) is 14.3. The Labute approximate surface area is 121 Å². The van der Waals surface area contributed by atoms with E-state index < -0.39 is 0 Å². The summed E-state index contributed by atoms with van der Waals surface area (Å²) in [4.78, 5) is 0. The van der Waals surface area contributed by atoms with Crippen molar-refractivity contribution in [1.29, 1.82) is 0 Å². The molecule has 0 saturated carbocycles. The molecular formula is C19H34. The smallest absolute Gasteiger partial charge is 0.0160 e. The molecule has 0 saturated heterocycles. The lowest BCUT2D eigenvalue weighted by molar-refractivity contribution is 0.489. The monoisotopic (exact) mass is 262 g/mol. The van der Waals surface area contributed by atoms with Crippen LogP contribution in [0.5, 0.6) is 0 Å². The molecule has 0 heterocycles. The predicted octanol–water partition coefficient (Wildman–Crippen LogP) is 6.84. The van der Waals surface area contributed by atoms with Gasteiger partial charge < -0.3 is 0 Å². The lowest BCUT2D eigenvalue weighted by atomic mass is 9.82. The molecule has 0 bridgehead atoms. The first kappa shape index (κ1) is 18.2. The van der Waals surface area contributed by atoms with E-state index >= 15 is 0 Å². The average molecular weight is 262 g/mol. The molecule has 0 rings (SSSR count). The topological polar surface area (TPSA) is 0 Å². The van der Waals surface area contributed by atoms with Crippen LogP contribution in [0, 0.1) is 5.92 Å². The van der Waals surface area contributed by atoms with Gasteiger partial charge in [0.25, 0.3) is 0 Å². The fraction of sp³-hybridized carbons (Fsp3) is 0.684. The van der Waals surface area contributed by atoms with Crippen LogP contribution in [0.15, 0.2) is 34.4 Å². The van der Waals surface area contributed by atoms with Gasteiger partial charge in [0.05, 0.1) is 0 Å². The average Bonchev–Trinajstić information content (AvgIpc) is 2.35. The summed E-state index contributed by atoms with van der Waals surface area (Å²) in [7, 11) is 0. The maximum Gasteiger partial charge on any atom is -0.0160 e. The first-order chi connectivity index (χ1) is 8.99. The highest BCUT2D eigenvalue weighted by Crippen LogP contribution is 2.32. The summed E-state index contributed by atoms with van der Waals surface area (Å²) >= 11 is 0. The van der Waals surface area contributed by atoms with E-state index in [-0.39, 0.29) is 0 Å². The molecule has 1 unspecified atom stereocenters. The Kier molecular flexibility index (Phi) is 9.65. The molecule has 0 nitrogen and oxygen atoms in total. The quantitative estimate of drug-likeness (QED) is 0.420. The summed E-state index contributed by atoms with van der Waals surface area (Å²) in [5.41, 5.74) is 6.02. The largest absolute Gasteiger partial charge is 0.0874 e. The maximum absolute atomic E-state index is 2.30. The van der Waals surface area contributed by atoms with E-state index in [9.17, 15) is 0 Å². The summed E-state index contributed by atoms with van der Waals surface area (Å²) < 4.78 is 0. The predicted molar refractivity (Wildman–Crippen MR) is 89.5 cm³/mol. The van der Waals surface area contributed by atoms with E-state index in [4.69, 9.17) is 0 Å². The van der Waals surface area contributed by atoms with Crippen LogP contribution in [0.4, 0.5) is 0 Å². The minimum Gasteiger partial charge on any atom is -0.0874 e. The number of hydrogen-bond donors (Lipinski definition) is 0. The van der Waals surface area contributed by atoms with E-state index in [1.807, 2.05) is 0 Å². The van der Waals surface area contributed by atoms with Crippen LogP contribution >= 0.6 is 0 Å². The summed E-state index contributed by atoms with van der Waals surface area (Å²) in [5, 5.41) is 0. The van der Waals surface area contributed by atoms with Crippen molar-refractivity contribution in [3.8, 4) is 0 Å². The Morgan fingerprint density at radius 3 is 2.00 bits per heavy atom. The van der Waals surface area contributed by atoms with Crippen molar-refractivity contribution in [3.05, 3.63) is 34.4 Å². The molecule has 0 spiro atoms. The highest BCUT2D eigenvalue weighted by molar-refractivity contribution is 5.41. The van der Waals surface area contributed by atoms with Gasteiger partial charge in [-0.1, -0.05) is 50.8 Å². The van der Waals surface area contributed by atoms with Crippen molar-refractivity contribution >= 4 is 0 Å². The van der Waals surface area contributed by atoms with Crippen LogP contribution in [0.1, 0.15) is 80.6 Å². The van der Waals surface area contributed by atoms with Crippen molar-refractivity contribution in [2.45, 2.75) is 80.6 Å². The normalized spacial score (nSPS) is 14.5. The third kappa shape index (κ3) is 6.27. The number of hydrogen-bond acceptors (Lipinski definition) is 0. The van der Waals surface area contributed by atoms with E-state index in [1.165, 1.54) is 48.8 Å². The van der Waals surface area contributed by atoms with Crippen molar-refractivity contribution in [3.63, 3.8) is 0 Å². The minimum absolute atomic E-state index is 0.746. The Balaban J connectivity index is 5.39. The number of rotatable bonds is 8. The Bertz CT molecular complexity index is 335. The lowest BCUT2D eigenvalue weighted by Crippen LogP contribution is -2.08. The molecule has 0 heteroatoms. The van der Waals surface area contributed by atoms with Crippen molar-refractivity contribution in [1.82, 2.24) is 0 Å². The van der Waals surface area contributed by atoms with Crippen molar-refractivity contribution < 1.29 is 0 Å². The highest BCUT2D eigenvalue weighted by atomic mass is 14.2. The second-order valence-corrected chi connectivity index (χ2v) is 5.85. The first-order valence-corrected chi connectivity index (χ1v) is 7.97. The second-order valence-electron chi connectivity index (χ2n) is 5.85. The van der Waals surface area contributed by atoms with Gasteiger partial charge in [0, 0.05) is 0 Å². The molecule has 0 aliphatic carbocycles. The standard InChI is InChI=1S/C19H34/c1-8-11-14-18(13-10-3)19(15(4)5)17(7)16(6)12-9-2/h9,12,18H,8,10-11,13-14H2,1-7H3/b12-9-,17-16-. The Morgan fingerprint density at radius 2 is 1.58 bits per heavy atom. The van der Waals surface area contributed by atoms with E-state index in [2.05, 4.69) is 60.6 Å². The second kappa shape index (κ2) is 10.1. The van der Waals surface area contributed by atoms with Gasteiger partial charge in [-0.25, -0.2) is 0 Å². The molecule has 0 fully saturated rings. The van der Waals surface area contributed by atoms with E-state index in [0.717, 1.165) is 5.92 Å². The fourth-order valence-electron chi connectivity index (χ4n) is 2.91. The van der Waals surface area contributed by atoms with Gasteiger partial charge in [-0.2, -0.15) is 0 Å². The third-order valence-electron chi connectivity index (χ3n) is 3.90. The zero-order chi connectivity index (χ0) is 14.8. The Hall–Kier alpha value is -0.780. The van der Waals surface area contributed by atoms with Crippen molar-refractivity contribution in [2.75, 3.05) is 0 Å². The van der Waals surface area contributed by atoms with Gasteiger partial charge >= 0.3 is 0 Å². The fourth-order valence-corrected chi connectivity index (χ4v) is 2.91. The highest BCUT2D eigenvalue weighted by Gasteiger charge is 2.17. The summed E-state index contributed by atoms with van der Waals surface area (Å²) in [6.07, 6.45) is 11.0. The molecule has 0 N–H and O–H groups in total. The summed E-state index contributed by atoms with van der Waals surface area (Å²) in [6, 6.07) is 0. The van der Waals surface area contributed by atoms with Crippen LogP contribution in [0.2, 0.25) is 0 Å². The Morgan fingerprint density at radius 1 is 0.947 bits per heavy atom. The molecule has 0 aliphatic heterocycles. The minimum atomic E-state index is 0.746. The maximum atomic E-state index is 2.30. The molecule has 0 aromatic heterocycles. The molecule has 110 valence electrons. The number of allylic oxidation sites excluding steroid dienone is 6. The molecule has 0 aromatic carbocycles. The zero-order valence-corrected chi connectivity index (χ0v) is 14.3. The van der Waals surface area contributed by atoms with E-state index in [0.29, 0.717) is 0 Å². The van der Waals surface area contributed by atoms with Crippen LogP contribution in [0.25, 0.3) is 0 Å². The summed E-state index contributed by atoms with van der Waals surface area (Å²) in [6.45, 7) is 15.8. The molecule has 0 radical (unpaired) electrons. The van der Waals surface area contributed by atoms with Crippen LogP contribution < -0.4 is 0 Å². The van der Waals surface area contributed by atoms with Crippen LogP contribution in [-0.4, -0.2) is 0 Å². The van der Waals surface area contributed by atoms with Gasteiger partial charge in [0.2, 0.25) is 0 Å². The summed E-state index contributed by atoms with van der Waals surface area (Å²) in [5.74, 6) is 0.746. The van der Waals surface area contributed by atoms with Gasteiger partial charge in [-0.3, -0.25) is 0 Å². The molecule has 1 atom stereocenters. The van der Waals surface area contributed by atoms with Crippen LogP contribution in [-0.2, 0) is 0 Å². The van der Waals surface area contributed by atoms with Crippen molar-refractivity contribution in [2.24, 2.45) is 5.92 Å². The number of unbranched alkanes of at least 4 members (excludes halogenated alkanes) is 1. The van der Waals surface area contributed by atoms with E-state index in [1.54, 1.807) is 5.57 Å². The van der Waals surface area contributed by atoms with Gasteiger partial charge in [0.15, 0.2) is 0 Å². The first-order valence-electron chi connectivity index (χ1n) is 7.97.